The maximum atomic E-state index is 12.1. The Morgan fingerprint density at radius 3 is 1.47 bits per heavy atom. The molecule has 2 rings (SSSR count). The van der Waals surface area contributed by atoms with Gasteiger partial charge in [-0.3, -0.25) is 29.8 Å². The molecule has 0 atom stereocenters. The van der Waals surface area contributed by atoms with Gasteiger partial charge in [0.2, 0.25) is 11.8 Å². The summed E-state index contributed by atoms with van der Waals surface area (Å²) in [5.41, 5.74) is 0.309. The van der Waals surface area contributed by atoms with E-state index in [1.165, 1.54) is 50.6 Å². The number of nitro benzene ring substituents is 2. The van der Waals surface area contributed by atoms with E-state index in [9.17, 15) is 29.8 Å². The second-order valence-electron chi connectivity index (χ2n) is 6.59. The number of hydrogen-bond donors (Lipinski definition) is 2. The lowest BCUT2D eigenvalue weighted by Gasteiger charge is -2.11. The molecule has 2 N–H and O–H groups in total. The van der Waals surface area contributed by atoms with E-state index in [4.69, 9.17) is 9.47 Å². The molecule has 0 radical (unpaired) electrons. The number of nitro groups is 2. The Morgan fingerprint density at radius 2 is 1.16 bits per heavy atom. The zero-order valence-corrected chi connectivity index (χ0v) is 17.5. The summed E-state index contributed by atoms with van der Waals surface area (Å²) in [6, 6.07) is 7.72. The summed E-state index contributed by atoms with van der Waals surface area (Å²) in [7, 11) is 2.68. The molecule has 0 aliphatic heterocycles. The van der Waals surface area contributed by atoms with E-state index >= 15 is 0 Å². The van der Waals surface area contributed by atoms with E-state index in [-0.39, 0.29) is 47.5 Å². The molecular weight excluding hydrogens is 424 g/mol. The van der Waals surface area contributed by atoms with Gasteiger partial charge in [0.1, 0.15) is 11.5 Å². The first kappa shape index (κ1) is 24.1. The number of nitrogens with one attached hydrogen (secondary N) is 2. The summed E-state index contributed by atoms with van der Waals surface area (Å²) in [5, 5.41) is 26.9. The lowest BCUT2D eigenvalue weighted by molar-refractivity contribution is -0.385. The predicted molar refractivity (Wildman–Crippen MR) is 115 cm³/mol. The number of rotatable bonds is 11. The smallest absolute Gasteiger partial charge is 0.273 e. The van der Waals surface area contributed by atoms with Crippen molar-refractivity contribution in [2.75, 3.05) is 24.9 Å². The van der Waals surface area contributed by atoms with Crippen LogP contribution in [0.2, 0.25) is 0 Å². The highest BCUT2D eigenvalue weighted by Crippen LogP contribution is 2.30. The third-order valence-electron chi connectivity index (χ3n) is 4.40. The number of hydrogen-bond acceptors (Lipinski definition) is 8. The molecule has 0 bridgehead atoms. The normalized spacial score (nSPS) is 10.2. The third-order valence-corrected chi connectivity index (χ3v) is 4.40. The fourth-order valence-electron chi connectivity index (χ4n) is 2.79. The Balaban J connectivity index is 1.81. The summed E-state index contributed by atoms with van der Waals surface area (Å²) >= 11 is 0. The van der Waals surface area contributed by atoms with E-state index in [0.717, 1.165) is 0 Å². The van der Waals surface area contributed by atoms with Crippen LogP contribution in [0.15, 0.2) is 36.4 Å². The van der Waals surface area contributed by atoms with Crippen molar-refractivity contribution in [1.82, 2.24) is 0 Å². The summed E-state index contributed by atoms with van der Waals surface area (Å²) in [6.45, 7) is 0. The van der Waals surface area contributed by atoms with Gasteiger partial charge in [-0.2, -0.15) is 0 Å². The van der Waals surface area contributed by atoms with Crippen LogP contribution in [0.4, 0.5) is 22.7 Å². The lowest BCUT2D eigenvalue weighted by atomic mass is 10.1. The molecule has 0 unspecified atom stereocenters. The quantitative estimate of drug-likeness (QED) is 0.300. The molecule has 0 heterocycles. The Labute approximate surface area is 182 Å². The first-order valence-electron chi connectivity index (χ1n) is 9.49. The van der Waals surface area contributed by atoms with Crippen molar-refractivity contribution in [3.8, 4) is 11.5 Å². The zero-order chi connectivity index (χ0) is 23.7. The van der Waals surface area contributed by atoms with Gasteiger partial charge in [-0.05, 0) is 25.0 Å². The Bertz CT molecular complexity index is 943. The number of methoxy groups -OCH3 is 2. The molecule has 2 aromatic carbocycles. The molecule has 32 heavy (non-hydrogen) atoms. The molecule has 170 valence electrons. The SMILES string of the molecule is COc1cc([N+](=O)[O-])ccc1NC(=O)CCCCC(=O)Nc1ccc([N+](=O)[O-])cc1OC. The van der Waals surface area contributed by atoms with Crippen molar-refractivity contribution in [2.45, 2.75) is 25.7 Å². The maximum Gasteiger partial charge on any atom is 0.273 e. The highest BCUT2D eigenvalue weighted by atomic mass is 16.6. The van der Waals surface area contributed by atoms with Gasteiger partial charge in [-0.15, -0.1) is 0 Å². The molecule has 0 fully saturated rings. The minimum atomic E-state index is -0.564. The zero-order valence-electron chi connectivity index (χ0n) is 17.5. The molecule has 2 aromatic rings. The van der Waals surface area contributed by atoms with Crippen molar-refractivity contribution in [3.05, 3.63) is 56.6 Å². The van der Waals surface area contributed by atoms with Crippen molar-refractivity contribution in [2.24, 2.45) is 0 Å². The van der Waals surface area contributed by atoms with Crippen LogP contribution in [0.3, 0.4) is 0 Å². The van der Waals surface area contributed by atoms with Gasteiger partial charge in [-0.1, -0.05) is 0 Å². The predicted octanol–water partition coefficient (Wildman–Crippen LogP) is 3.66. The molecule has 0 saturated heterocycles. The summed E-state index contributed by atoms with van der Waals surface area (Å²) in [5.74, 6) is -0.308. The van der Waals surface area contributed by atoms with Crippen LogP contribution >= 0.6 is 0 Å². The van der Waals surface area contributed by atoms with Crippen molar-refractivity contribution in [3.63, 3.8) is 0 Å². The van der Waals surface area contributed by atoms with Gasteiger partial charge in [0.15, 0.2) is 0 Å². The molecule has 12 nitrogen and oxygen atoms in total. The van der Waals surface area contributed by atoms with Gasteiger partial charge in [-0.25, -0.2) is 0 Å². The summed E-state index contributed by atoms with van der Waals surface area (Å²) < 4.78 is 10.1. The average molecular weight is 446 g/mol. The minimum Gasteiger partial charge on any atom is -0.494 e. The first-order valence-corrected chi connectivity index (χ1v) is 9.49. The minimum absolute atomic E-state index is 0.133. The van der Waals surface area contributed by atoms with E-state index < -0.39 is 9.85 Å². The molecular formula is C20H22N4O8. The molecule has 0 aliphatic carbocycles. The van der Waals surface area contributed by atoms with Crippen molar-refractivity contribution < 1.29 is 28.9 Å². The Kier molecular flexibility index (Phi) is 8.45. The van der Waals surface area contributed by atoms with Gasteiger partial charge in [0, 0.05) is 25.0 Å². The van der Waals surface area contributed by atoms with Crippen LogP contribution < -0.4 is 20.1 Å². The van der Waals surface area contributed by atoms with Crippen LogP contribution in [0.1, 0.15) is 25.7 Å². The largest absolute Gasteiger partial charge is 0.494 e. The number of carbonyl (C=O) groups is 2. The van der Waals surface area contributed by atoms with Gasteiger partial charge in [0.05, 0.1) is 47.6 Å². The lowest BCUT2D eigenvalue weighted by Crippen LogP contribution is -2.14. The highest BCUT2D eigenvalue weighted by molar-refractivity contribution is 5.93. The topological polar surface area (TPSA) is 163 Å². The van der Waals surface area contributed by atoms with E-state index in [1.807, 2.05) is 0 Å². The molecule has 12 heteroatoms. The van der Waals surface area contributed by atoms with Gasteiger partial charge >= 0.3 is 0 Å². The number of anilines is 2. The summed E-state index contributed by atoms with van der Waals surface area (Å²) in [6.07, 6.45) is 1.11. The van der Waals surface area contributed by atoms with Crippen LogP contribution in [-0.2, 0) is 9.59 Å². The molecule has 0 aromatic heterocycles. The maximum absolute atomic E-state index is 12.1. The molecule has 0 saturated carbocycles. The Hall–Kier alpha value is -4.22. The number of carbonyl (C=O) groups excluding carboxylic acids is 2. The molecule has 0 aliphatic rings. The van der Waals surface area contributed by atoms with Gasteiger partial charge in [0.25, 0.3) is 11.4 Å². The number of amides is 2. The van der Waals surface area contributed by atoms with Crippen LogP contribution in [0.5, 0.6) is 11.5 Å². The number of unbranched alkanes of at least 4 members (excludes halogenated alkanes) is 1. The van der Waals surface area contributed by atoms with Crippen LogP contribution in [-0.4, -0.2) is 35.9 Å². The standard InChI is InChI=1S/C20H22N4O8/c1-31-17-11-13(23(27)28)7-9-15(17)21-19(25)5-3-4-6-20(26)22-16-10-8-14(24(29)30)12-18(16)32-2/h7-12H,3-6H2,1-2H3,(H,21,25)(H,22,26). The number of benzene rings is 2. The monoisotopic (exact) mass is 446 g/mol. The highest BCUT2D eigenvalue weighted by Gasteiger charge is 2.15. The van der Waals surface area contributed by atoms with Gasteiger partial charge < -0.3 is 20.1 Å². The van der Waals surface area contributed by atoms with Crippen LogP contribution in [0.25, 0.3) is 0 Å². The number of non-ortho nitro benzene ring substituents is 2. The van der Waals surface area contributed by atoms with Crippen LogP contribution in [0, 0.1) is 20.2 Å². The van der Waals surface area contributed by atoms with Crippen molar-refractivity contribution in [1.29, 1.82) is 0 Å². The van der Waals surface area contributed by atoms with E-state index in [1.54, 1.807) is 0 Å². The fourth-order valence-corrected chi connectivity index (χ4v) is 2.79. The second kappa shape index (κ2) is 11.2. The summed E-state index contributed by atoms with van der Waals surface area (Å²) in [4.78, 5) is 44.8. The van der Waals surface area contributed by atoms with E-state index in [0.29, 0.717) is 24.2 Å². The third kappa shape index (κ3) is 6.65. The number of ether oxygens (including phenoxy) is 2. The van der Waals surface area contributed by atoms with Crippen molar-refractivity contribution >= 4 is 34.6 Å². The second-order valence-corrected chi connectivity index (χ2v) is 6.59. The number of nitrogens with zero attached hydrogens (tertiary/aromatic N) is 2. The van der Waals surface area contributed by atoms with E-state index in [2.05, 4.69) is 10.6 Å². The molecule has 0 spiro atoms. The first-order chi connectivity index (χ1) is 15.2. The average Bonchev–Trinajstić information content (AvgIpc) is 2.76. The fraction of sp³-hybridized carbons (Fsp3) is 0.300. The molecule has 2 amide bonds. The Morgan fingerprint density at radius 1 is 0.781 bits per heavy atom.